The molecule has 1 heterocycles. The molecule has 0 bridgehead atoms. The molecular weight excluding hydrogens is 398 g/mol. The Morgan fingerprint density at radius 2 is 1.74 bits per heavy atom. The first-order chi connectivity index (χ1) is 15.0. The van der Waals surface area contributed by atoms with Crippen molar-refractivity contribution >= 4 is 29.1 Å². The standard InChI is InChI=1S/C23H27N3O5/c1-3-12-24-23(29)16-13-22(28)26(14-16)18-6-10-20(11-7-18)31-15-21(27)25-17-4-8-19(30-2)9-5-17/h4-11,16H,3,12-15H2,1-2H3,(H,24,29)(H,25,27)/t16-/m0/s1. The molecule has 1 saturated heterocycles. The minimum Gasteiger partial charge on any atom is -0.497 e. The van der Waals surface area contributed by atoms with Crippen LogP contribution in [0.3, 0.4) is 0 Å². The van der Waals surface area contributed by atoms with Gasteiger partial charge >= 0.3 is 0 Å². The van der Waals surface area contributed by atoms with Crippen molar-refractivity contribution < 1.29 is 23.9 Å². The molecule has 0 aromatic heterocycles. The van der Waals surface area contributed by atoms with Gasteiger partial charge in [0.25, 0.3) is 5.91 Å². The van der Waals surface area contributed by atoms with E-state index in [-0.39, 0.29) is 36.7 Å². The van der Waals surface area contributed by atoms with Gasteiger partial charge in [0.2, 0.25) is 11.8 Å². The molecule has 2 aromatic carbocycles. The van der Waals surface area contributed by atoms with Gasteiger partial charge in [-0.25, -0.2) is 0 Å². The van der Waals surface area contributed by atoms with Crippen molar-refractivity contribution in [3.05, 3.63) is 48.5 Å². The van der Waals surface area contributed by atoms with Gasteiger partial charge in [0.15, 0.2) is 6.61 Å². The van der Waals surface area contributed by atoms with Crippen LogP contribution < -0.4 is 25.0 Å². The molecule has 2 aromatic rings. The Morgan fingerprint density at radius 1 is 1.06 bits per heavy atom. The fourth-order valence-electron chi connectivity index (χ4n) is 3.27. The van der Waals surface area contributed by atoms with E-state index in [1.807, 2.05) is 6.92 Å². The van der Waals surface area contributed by atoms with Crippen LogP contribution in [0, 0.1) is 5.92 Å². The van der Waals surface area contributed by atoms with Crippen LogP contribution in [-0.2, 0) is 14.4 Å². The van der Waals surface area contributed by atoms with E-state index < -0.39 is 0 Å². The van der Waals surface area contributed by atoms with Crippen molar-refractivity contribution in [1.29, 1.82) is 0 Å². The van der Waals surface area contributed by atoms with Gasteiger partial charge in [0.05, 0.1) is 13.0 Å². The fourth-order valence-corrected chi connectivity index (χ4v) is 3.27. The van der Waals surface area contributed by atoms with E-state index in [9.17, 15) is 14.4 Å². The third-order valence-electron chi connectivity index (χ3n) is 4.94. The van der Waals surface area contributed by atoms with E-state index in [1.54, 1.807) is 60.5 Å². The van der Waals surface area contributed by atoms with Crippen molar-refractivity contribution in [3.8, 4) is 11.5 Å². The molecule has 8 heteroatoms. The maximum atomic E-state index is 12.3. The van der Waals surface area contributed by atoms with Crippen molar-refractivity contribution in [1.82, 2.24) is 5.32 Å². The van der Waals surface area contributed by atoms with Crippen LogP contribution in [0.2, 0.25) is 0 Å². The number of amides is 3. The molecule has 8 nitrogen and oxygen atoms in total. The first kappa shape index (κ1) is 22.1. The summed E-state index contributed by atoms with van der Waals surface area (Å²) in [5.41, 5.74) is 1.35. The van der Waals surface area contributed by atoms with Gasteiger partial charge in [0.1, 0.15) is 11.5 Å². The van der Waals surface area contributed by atoms with Gasteiger partial charge in [0, 0.05) is 30.9 Å². The molecule has 3 rings (SSSR count). The smallest absolute Gasteiger partial charge is 0.262 e. The lowest BCUT2D eigenvalue weighted by atomic mass is 10.1. The number of hydrogen-bond acceptors (Lipinski definition) is 5. The van der Waals surface area contributed by atoms with Crippen LogP contribution in [0.5, 0.6) is 11.5 Å². The maximum absolute atomic E-state index is 12.3. The zero-order chi connectivity index (χ0) is 22.2. The molecule has 2 N–H and O–H groups in total. The first-order valence-electron chi connectivity index (χ1n) is 10.2. The molecule has 1 aliphatic heterocycles. The number of carbonyl (C=O) groups is 3. The summed E-state index contributed by atoms with van der Waals surface area (Å²) in [4.78, 5) is 38.2. The highest BCUT2D eigenvalue weighted by molar-refractivity contribution is 6.00. The third kappa shape index (κ3) is 5.97. The average Bonchev–Trinajstić information content (AvgIpc) is 3.18. The van der Waals surface area contributed by atoms with Gasteiger partial charge < -0.3 is 25.0 Å². The zero-order valence-electron chi connectivity index (χ0n) is 17.7. The van der Waals surface area contributed by atoms with E-state index in [1.165, 1.54) is 0 Å². The van der Waals surface area contributed by atoms with E-state index in [2.05, 4.69) is 10.6 Å². The number of benzene rings is 2. The van der Waals surface area contributed by atoms with E-state index in [0.29, 0.717) is 36.0 Å². The number of nitrogens with zero attached hydrogens (tertiary/aromatic N) is 1. The van der Waals surface area contributed by atoms with Crippen LogP contribution in [0.1, 0.15) is 19.8 Å². The molecule has 0 spiro atoms. The normalized spacial score (nSPS) is 15.5. The second kappa shape index (κ2) is 10.5. The summed E-state index contributed by atoms with van der Waals surface area (Å²) in [5.74, 6) is 0.433. The molecule has 1 fully saturated rings. The number of carbonyl (C=O) groups excluding carboxylic acids is 3. The minimum absolute atomic E-state index is 0.0795. The Balaban J connectivity index is 1.50. The van der Waals surface area contributed by atoms with E-state index in [4.69, 9.17) is 9.47 Å². The highest BCUT2D eigenvalue weighted by Crippen LogP contribution is 2.27. The molecule has 0 aliphatic carbocycles. The van der Waals surface area contributed by atoms with Crippen molar-refractivity contribution in [2.75, 3.05) is 37.0 Å². The molecular formula is C23H27N3O5. The predicted molar refractivity (Wildman–Crippen MR) is 117 cm³/mol. The van der Waals surface area contributed by atoms with Gasteiger partial charge in [-0.15, -0.1) is 0 Å². The first-order valence-corrected chi connectivity index (χ1v) is 10.2. The molecule has 1 aliphatic rings. The van der Waals surface area contributed by atoms with Gasteiger partial charge in [-0.1, -0.05) is 6.92 Å². The number of hydrogen-bond donors (Lipinski definition) is 2. The lowest BCUT2D eigenvalue weighted by molar-refractivity contribution is -0.126. The van der Waals surface area contributed by atoms with Crippen LogP contribution in [0.4, 0.5) is 11.4 Å². The highest BCUT2D eigenvalue weighted by Gasteiger charge is 2.34. The summed E-state index contributed by atoms with van der Waals surface area (Å²) in [6, 6.07) is 13.9. The molecule has 0 radical (unpaired) electrons. The molecule has 0 saturated carbocycles. The summed E-state index contributed by atoms with van der Waals surface area (Å²) in [5, 5.41) is 5.59. The second-order valence-corrected chi connectivity index (χ2v) is 7.26. The largest absolute Gasteiger partial charge is 0.497 e. The monoisotopic (exact) mass is 425 g/mol. The molecule has 31 heavy (non-hydrogen) atoms. The van der Waals surface area contributed by atoms with Gasteiger partial charge in [-0.2, -0.15) is 0 Å². The molecule has 0 unspecified atom stereocenters. The average molecular weight is 425 g/mol. The summed E-state index contributed by atoms with van der Waals surface area (Å²) in [6.07, 6.45) is 1.06. The fraction of sp³-hybridized carbons (Fsp3) is 0.348. The Kier molecular flexibility index (Phi) is 7.48. The van der Waals surface area contributed by atoms with Crippen molar-refractivity contribution in [3.63, 3.8) is 0 Å². The van der Waals surface area contributed by atoms with Crippen LogP contribution in [-0.4, -0.2) is 44.5 Å². The van der Waals surface area contributed by atoms with Crippen molar-refractivity contribution in [2.45, 2.75) is 19.8 Å². The van der Waals surface area contributed by atoms with Crippen LogP contribution in [0.25, 0.3) is 0 Å². The van der Waals surface area contributed by atoms with E-state index in [0.717, 1.165) is 6.42 Å². The van der Waals surface area contributed by atoms with E-state index >= 15 is 0 Å². The summed E-state index contributed by atoms with van der Waals surface area (Å²) < 4.78 is 10.6. The Hall–Kier alpha value is -3.55. The summed E-state index contributed by atoms with van der Waals surface area (Å²) in [7, 11) is 1.58. The Labute approximate surface area is 181 Å². The summed E-state index contributed by atoms with van der Waals surface area (Å²) in [6.45, 7) is 2.81. The lowest BCUT2D eigenvalue weighted by Crippen LogP contribution is -2.33. The number of nitrogens with one attached hydrogen (secondary N) is 2. The molecule has 164 valence electrons. The summed E-state index contributed by atoms with van der Waals surface area (Å²) >= 11 is 0. The zero-order valence-corrected chi connectivity index (χ0v) is 17.7. The SMILES string of the molecule is CCCNC(=O)[C@H]1CC(=O)N(c2ccc(OCC(=O)Nc3ccc(OC)cc3)cc2)C1. The molecule has 3 amide bonds. The number of rotatable bonds is 9. The number of anilines is 2. The minimum atomic E-state index is -0.336. The Morgan fingerprint density at radius 3 is 2.39 bits per heavy atom. The Bertz CT molecular complexity index is 912. The molecule has 1 atom stereocenters. The lowest BCUT2D eigenvalue weighted by Gasteiger charge is -2.17. The van der Waals surface area contributed by atoms with Crippen LogP contribution >= 0.6 is 0 Å². The van der Waals surface area contributed by atoms with Gasteiger partial charge in [-0.05, 0) is 55.0 Å². The third-order valence-corrected chi connectivity index (χ3v) is 4.94. The number of methoxy groups -OCH3 is 1. The van der Waals surface area contributed by atoms with Gasteiger partial charge in [-0.3, -0.25) is 14.4 Å². The van der Waals surface area contributed by atoms with Crippen LogP contribution in [0.15, 0.2) is 48.5 Å². The van der Waals surface area contributed by atoms with Crippen molar-refractivity contribution in [2.24, 2.45) is 5.92 Å². The number of ether oxygens (including phenoxy) is 2. The predicted octanol–water partition coefficient (Wildman–Crippen LogP) is 2.59. The maximum Gasteiger partial charge on any atom is 0.262 e. The highest BCUT2D eigenvalue weighted by atomic mass is 16.5. The second-order valence-electron chi connectivity index (χ2n) is 7.26. The topological polar surface area (TPSA) is 97.0 Å². The quantitative estimate of drug-likeness (QED) is 0.644.